The second kappa shape index (κ2) is 7.92. The second-order valence-corrected chi connectivity index (χ2v) is 5.04. The number of likely N-dealkylation sites (N-methyl/N-ethyl adjacent to an activating group) is 1. The number of hydrogen-bond acceptors (Lipinski definition) is 4. The van der Waals surface area contributed by atoms with E-state index in [-0.39, 0.29) is 0 Å². The third kappa shape index (κ3) is 4.54. The van der Waals surface area contributed by atoms with Crippen molar-refractivity contribution < 1.29 is 9.47 Å². The van der Waals surface area contributed by atoms with Gasteiger partial charge in [-0.1, -0.05) is 24.3 Å². The molecule has 4 nitrogen and oxygen atoms in total. The highest BCUT2D eigenvalue weighted by molar-refractivity contribution is 5.39. The molecule has 4 heteroatoms. The normalized spacial score (nSPS) is 17.5. The van der Waals surface area contributed by atoms with E-state index in [1.807, 2.05) is 24.3 Å². The largest absolute Gasteiger partial charge is 0.493 e. The molecule has 1 aliphatic rings. The van der Waals surface area contributed by atoms with Crippen LogP contribution in [0.2, 0.25) is 0 Å². The highest BCUT2D eigenvalue weighted by Gasteiger charge is 2.11. The van der Waals surface area contributed by atoms with E-state index in [4.69, 9.17) is 9.47 Å². The Morgan fingerprint density at radius 1 is 1.05 bits per heavy atom. The Balaban J connectivity index is 1.69. The lowest BCUT2D eigenvalue weighted by Gasteiger charge is -2.31. The summed E-state index contributed by atoms with van der Waals surface area (Å²) < 4.78 is 10.9. The summed E-state index contributed by atoms with van der Waals surface area (Å²) >= 11 is 0. The molecule has 0 radical (unpaired) electrons. The molecule has 110 valence electrons. The second-order valence-electron chi connectivity index (χ2n) is 5.04. The number of nitrogens with zero attached hydrogens (tertiary/aromatic N) is 2. The van der Waals surface area contributed by atoms with Crippen LogP contribution in [0.4, 0.5) is 0 Å². The van der Waals surface area contributed by atoms with Crippen molar-refractivity contribution in [3.8, 4) is 11.5 Å². The monoisotopic (exact) mass is 276 g/mol. The standard InChI is InChI=1S/C16H24N2O2/c1-17-10-12-18(13-11-17)9-5-6-14-20-16-8-4-3-7-15(16)19-2/h3-8H,9-14H2,1-2H3/b6-5+. The average Bonchev–Trinajstić information content (AvgIpc) is 2.49. The van der Waals surface area contributed by atoms with E-state index in [1.165, 1.54) is 0 Å². The van der Waals surface area contributed by atoms with E-state index < -0.39 is 0 Å². The van der Waals surface area contributed by atoms with Gasteiger partial charge in [0.25, 0.3) is 0 Å². The van der Waals surface area contributed by atoms with Crippen LogP contribution in [0, 0.1) is 0 Å². The number of rotatable bonds is 6. The fourth-order valence-corrected chi connectivity index (χ4v) is 2.20. The van der Waals surface area contributed by atoms with Gasteiger partial charge in [0.15, 0.2) is 11.5 Å². The topological polar surface area (TPSA) is 24.9 Å². The van der Waals surface area contributed by atoms with Crippen LogP contribution in [-0.2, 0) is 0 Å². The van der Waals surface area contributed by atoms with E-state index in [2.05, 4.69) is 29.0 Å². The molecule has 2 rings (SSSR count). The predicted molar refractivity (Wildman–Crippen MR) is 81.6 cm³/mol. The molecule has 0 aromatic heterocycles. The number of methoxy groups -OCH3 is 1. The van der Waals surface area contributed by atoms with E-state index in [9.17, 15) is 0 Å². The van der Waals surface area contributed by atoms with Gasteiger partial charge in [-0.25, -0.2) is 0 Å². The van der Waals surface area contributed by atoms with Gasteiger partial charge in [-0.2, -0.15) is 0 Å². The first-order valence-corrected chi connectivity index (χ1v) is 7.11. The fourth-order valence-electron chi connectivity index (χ4n) is 2.20. The molecule has 0 unspecified atom stereocenters. The van der Waals surface area contributed by atoms with Crippen molar-refractivity contribution in [2.75, 3.05) is 53.5 Å². The minimum absolute atomic E-state index is 0.577. The van der Waals surface area contributed by atoms with Crippen LogP contribution in [0.15, 0.2) is 36.4 Å². The lowest BCUT2D eigenvalue weighted by atomic mass is 10.3. The third-order valence-corrected chi connectivity index (χ3v) is 3.53. The van der Waals surface area contributed by atoms with E-state index in [0.717, 1.165) is 44.2 Å². The van der Waals surface area contributed by atoms with Gasteiger partial charge in [0.05, 0.1) is 7.11 Å². The molecule has 1 aromatic rings. The molecule has 0 spiro atoms. The maximum Gasteiger partial charge on any atom is 0.161 e. The Bertz CT molecular complexity index is 426. The van der Waals surface area contributed by atoms with Crippen LogP contribution in [0.5, 0.6) is 11.5 Å². The Hall–Kier alpha value is -1.52. The van der Waals surface area contributed by atoms with Crippen LogP contribution >= 0.6 is 0 Å². The van der Waals surface area contributed by atoms with Gasteiger partial charge in [0, 0.05) is 32.7 Å². The Morgan fingerprint density at radius 3 is 2.45 bits per heavy atom. The lowest BCUT2D eigenvalue weighted by Crippen LogP contribution is -2.44. The van der Waals surface area contributed by atoms with Gasteiger partial charge >= 0.3 is 0 Å². The first kappa shape index (κ1) is 14.9. The molecule has 0 aliphatic carbocycles. The number of para-hydroxylation sites is 2. The first-order valence-electron chi connectivity index (χ1n) is 7.11. The van der Waals surface area contributed by atoms with Gasteiger partial charge in [-0.3, -0.25) is 4.90 Å². The highest BCUT2D eigenvalue weighted by Crippen LogP contribution is 2.25. The Kier molecular flexibility index (Phi) is 5.89. The van der Waals surface area contributed by atoms with Crippen molar-refractivity contribution in [3.05, 3.63) is 36.4 Å². The SMILES string of the molecule is COc1ccccc1OC/C=C/CN1CCN(C)CC1. The van der Waals surface area contributed by atoms with Crippen molar-refractivity contribution in [3.63, 3.8) is 0 Å². The van der Waals surface area contributed by atoms with Crippen LogP contribution in [-0.4, -0.2) is 63.3 Å². The van der Waals surface area contributed by atoms with Gasteiger partial charge < -0.3 is 14.4 Å². The van der Waals surface area contributed by atoms with E-state index in [1.54, 1.807) is 7.11 Å². The molecule has 1 aromatic carbocycles. The Morgan fingerprint density at radius 2 is 1.75 bits per heavy atom. The molecule has 1 fully saturated rings. The minimum Gasteiger partial charge on any atom is -0.493 e. The molecular weight excluding hydrogens is 252 g/mol. The molecular formula is C16H24N2O2. The smallest absolute Gasteiger partial charge is 0.161 e. The zero-order valence-corrected chi connectivity index (χ0v) is 12.4. The summed E-state index contributed by atoms with van der Waals surface area (Å²) in [6.45, 7) is 6.19. The molecule has 1 aliphatic heterocycles. The van der Waals surface area contributed by atoms with E-state index >= 15 is 0 Å². The summed E-state index contributed by atoms with van der Waals surface area (Å²) in [6, 6.07) is 7.72. The summed E-state index contributed by atoms with van der Waals surface area (Å²) in [6.07, 6.45) is 4.26. The van der Waals surface area contributed by atoms with Gasteiger partial charge in [0.2, 0.25) is 0 Å². The number of hydrogen-bond donors (Lipinski definition) is 0. The zero-order valence-electron chi connectivity index (χ0n) is 12.4. The van der Waals surface area contributed by atoms with Gasteiger partial charge in [-0.15, -0.1) is 0 Å². The van der Waals surface area contributed by atoms with Crippen molar-refractivity contribution in [2.24, 2.45) is 0 Å². The number of benzene rings is 1. The predicted octanol–water partition coefficient (Wildman–Crippen LogP) is 1.88. The molecule has 1 heterocycles. The summed E-state index contributed by atoms with van der Waals surface area (Å²) in [4.78, 5) is 4.82. The van der Waals surface area contributed by atoms with Crippen molar-refractivity contribution in [1.82, 2.24) is 9.80 Å². The molecule has 0 amide bonds. The first-order chi connectivity index (χ1) is 9.79. The molecule has 20 heavy (non-hydrogen) atoms. The lowest BCUT2D eigenvalue weighted by molar-refractivity contribution is 0.166. The molecule has 0 atom stereocenters. The van der Waals surface area contributed by atoms with E-state index in [0.29, 0.717) is 6.61 Å². The maximum atomic E-state index is 5.70. The maximum absolute atomic E-state index is 5.70. The van der Waals surface area contributed by atoms with Crippen LogP contribution < -0.4 is 9.47 Å². The summed E-state index contributed by atoms with van der Waals surface area (Å²) in [7, 11) is 3.83. The summed E-state index contributed by atoms with van der Waals surface area (Å²) in [5.41, 5.74) is 0. The van der Waals surface area contributed by atoms with Gasteiger partial charge in [-0.05, 0) is 19.2 Å². The number of ether oxygens (including phenoxy) is 2. The van der Waals surface area contributed by atoms with Crippen LogP contribution in [0.1, 0.15) is 0 Å². The number of piperazine rings is 1. The molecule has 1 saturated heterocycles. The molecule has 0 N–H and O–H groups in total. The Labute approximate surface area is 121 Å². The van der Waals surface area contributed by atoms with Crippen LogP contribution in [0.25, 0.3) is 0 Å². The third-order valence-electron chi connectivity index (χ3n) is 3.53. The summed E-state index contributed by atoms with van der Waals surface area (Å²) in [5, 5.41) is 0. The van der Waals surface area contributed by atoms with Crippen LogP contribution in [0.3, 0.4) is 0 Å². The molecule has 0 saturated carbocycles. The zero-order chi connectivity index (χ0) is 14.2. The quantitative estimate of drug-likeness (QED) is 0.741. The minimum atomic E-state index is 0.577. The average molecular weight is 276 g/mol. The highest BCUT2D eigenvalue weighted by atomic mass is 16.5. The van der Waals surface area contributed by atoms with Crippen molar-refractivity contribution in [1.29, 1.82) is 0 Å². The fraction of sp³-hybridized carbons (Fsp3) is 0.500. The molecule has 0 bridgehead atoms. The van der Waals surface area contributed by atoms with Crippen molar-refractivity contribution in [2.45, 2.75) is 0 Å². The van der Waals surface area contributed by atoms with Gasteiger partial charge in [0.1, 0.15) is 6.61 Å². The summed E-state index contributed by atoms with van der Waals surface area (Å²) in [5.74, 6) is 1.57. The van der Waals surface area contributed by atoms with Crippen molar-refractivity contribution >= 4 is 0 Å².